The maximum atomic E-state index is 12.8. The molecule has 0 bridgehead atoms. The van der Waals surface area contributed by atoms with Crippen LogP contribution >= 0.6 is 0 Å². The number of carbonyl (C=O) groups excluding carboxylic acids is 1. The fourth-order valence-corrected chi connectivity index (χ4v) is 3.80. The van der Waals surface area contributed by atoms with Crippen molar-refractivity contribution in [3.8, 4) is 17.2 Å². The second-order valence-electron chi connectivity index (χ2n) is 7.48. The third-order valence-corrected chi connectivity index (χ3v) is 5.44. The molecule has 29 heavy (non-hydrogen) atoms. The Morgan fingerprint density at radius 3 is 2.24 bits per heavy atom. The molecule has 1 aliphatic carbocycles. The molecule has 0 aliphatic heterocycles. The molecule has 0 heterocycles. The highest BCUT2D eigenvalue weighted by atomic mass is 16.5. The van der Waals surface area contributed by atoms with Gasteiger partial charge in [0, 0.05) is 17.2 Å². The van der Waals surface area contributed by atoms with Gasteiger partial charge in [-0.25, -0.2) is 0 Å². The summed E-state index contributed by atoms with van der Waals surface area (Å²) in [6, 6.07) is 13.3. The number of rotatable bonds is 7. The molecule has 3 rings (SSSR count). The highest BCUT2D eigenvalue weighted by Crippen LogP contribution is 2.28. The molecule has 1 fully saturated rings. The van der Waals surface area contributed by atoms with E-state index in [-0.39, 0.29) is 18.6 Å². The second kappa shape index (κ2) is 10.7. The molecule has 0 atom stereocenters. The number of amides is 1. The first-order valence-corrected chi connectivity index (χ1v) is 10.4. The van der Waals surface area contributed by atoms with Crippen molar-refractivity contribution in [2.24, 2.45) is 0 Å². The molecule has 2 aromatic rings. The number of methoxy groups -OCH3 is 2. The Kier molecular flexibility index (Phi) is 7.79. The van der Waals surface area contributed by atoms with Gasteiger partial charge in [0.1, 0.15) is 12.4 Å². The number of nitrogens with one attached hydrogen (secondary N) is 1. The Morgan fingerprint density at radius 2 is 1.55 bits per heavy atom. The Morgan fingerprint density at radius 1 is 0.897 bits per heavy atom. The van der Waals surface area contributed by atoms with Gasteiger partial charge in [0.25, 0.3) is 5.91 Å². The summed E-state index contributed by atoms with van der Waals surface area (Å²) in [4.78, 5) is 12.8. The quantitative estimate of drug-likeness (QED) is 0.704. The van der Waals surface area contributed by atoms with Crippen LogP contribution in [0.5, 0.6) is 17.2 Å². The van der Waals surface area contributed by atoms with Crippen LogP contribution in [0.4, 0.5) is 0 Å². The Labute approximate surface area is 173 Å². The monoisotopic (exact) mass is 397 g/mol. The molecule has 1 saturated carbocycles. The van der Waals surface area contributed by atoms with Gasteiger partial charge in [-0.15, -0.1) is 0 Å². The maximum absolute atomic E-state index is 12.8. The minimum absolute atomic E-state index is 0.0308. The topological polar surface area (TPSA) is 56.8 Å². The van der Waals surface area contributed by atoms with Crippen LogP contribution < -0.4 is 19.5 Å². The number of carbonyl (C=O) groups is 1. The summed E-state index contributed by atoms with van der Waals surface area (Å²) >= 11 is 0. The molecule has 0 unspecified atom stereocenters. The van der Waals surface area contributed by atoms with Gasteiger partial charge >= 0.3 is 0 Å². The first-order chi connectivity index (χ1) is 14.2. The molecule has 156 valence electrons. The number of hydrogen-bond acceptors (Lipinski definition) is 4. The molecule has 1 N–H and O–H groups in total. The lowest BCUT2D eigenvalue weighted by Gasteiger charge is -2.21. The highest BCUT2D eigenvalue weighted by Gasteiger charge is 2.17. The largest absolute Gasteiger partial charge is 0.496 e. The third-order valence-electron chi connectivity index (χ3n) is 5.44. The molecule has 0 radical (unpaired) electrons. The molecule has 1 amide bonds. The van der Waals surface area contributed by atoms with Crippen LogP contribution in [0.25, 0.3) is 0 Å². The zero-order valence-corrected chi connectivity index (χ0v) is 17.4. The SMILES string of the molecule is COc1ccc(C(=O)NC2CCCCCCC2)cc1COc1ccccc1OC. The molecule has 0 saturated heterocycles. The Balaban J connectivity index is 1.69. The first kappa shape index (κ1) is 21.0. The van der Waals surface area contributed by atoms with Gasteiger partial charge in [-0.2, -0.15) is 0 Å². The van der Waals surface area contributed by atoms with E-state index in [1.807, 2.05) is 42.5 Å². The maximum Gasteiger partial charge on any atom is 0.251 e. The van der Waals surface area contributed by atoms with Gasteiger partial charge in [-0.1, -0.05) is 44.2 Å². The van der Waals surface area contributed by atoms with Crippen LogP contribution in [0.3, 0.4) is 0 Å². The lowest BCUT2D eigenvalue weighted by Crippen LogP contribution is -2.35. The molecular weight excluding hydrogens is 366 g/mol. The van der Waals surface area contributed by atoms with Crippen LogP contribution in [0, 0.1) is 0 Å². The van der Waals surface area contributed by atoms with Gasteiger partial charge in [0.2, 0.25) is 0 Å². The predicted octanol–water partition coefficient (Wildman–Crippen LogP) is 5.13. The summed E-state index contributed by atoms with van der Waals surface area (Å²) in [6.07, 6.45) is 8.34. The van der Waals surface area contributed by atoms with Crippen molar-refractivity contribution in [3.05, 3.63) is 53.6 Å². The van der Waals surface area contributed by atoms with Gasteiger partial charge in [0.05, 0.1) is 14.2 Å². The van der Waals surface area contributed by atoms with E-state index in [1.54, 1.807) is 14.2 Å². The number of ether oxygens (including phenoxy) is 3. The van der Waals surface area contributed by atoms with E-state index in [0.717, 1.165) is 18.4 Å². The van der Waals surface area contributed by atoms with Crippen molar-refractivity contribution in [3.63, 3.8) is 0 Å². The average molecular weight is 398 g/mol. The zero-order chi connectivity index (χ0) is 20.5. The summed E-state index contributed by atoms with van der Waals surface area (Å²) in [5.74, 6) is 1.99. The fourth-order valence-electron chi connectivity index (χ4n) is 3.80. The smallest absolute Gasteiger partial charge is 0.251 e. The normalized spacial score (nSPS) is 15.1. The van der Waals surface area contributed by atoms with Gasteiger partial charge in [0.15, 0.2) is 11.5 Å². The Hall–Kier alpha value is -2.69. The standard InChI is InChI=1S/C24H31NO4/c1-27-21-15-14-18(24(26)25-20-10-6-4-3-5-7-11-20)16-19(21)17-29-23-13-9-8-12-22(23)28-2/h8-9,12-16,20H,3-7,10-11,17H2,1-2H3,(H,25,26). The van der Waals surface area contributed by atoms with Crippen LogP contribution in [-0.4, -0.2) is 26.2 Å². The summed E-state index contributed by atoms with van der Waals surface area (Å²) < 4.78 is 16.7. The van der Waals surface area contributed by atoms with Crippen molar-refractivity contribution < 1.29 is 19.0 Å². The van der Waals surface area contributed by atoms with E-state index in [4.69, 9.17) is 14.2 Å². The van der Waals surface area contributed by atoms with Crippen LogP contribution in [0.15, 0.2) is 42.5 Å². The average Bonchev–Trinajstić information content (AvgIpc) is 2.73. The molecule has 2 aromatic carbocycles. The molecular formula is C24H31NO4. The number of para-hydroxylation sites is 2. The van der Waals surface area contributed by atoms with E-state index in [9.17, 15) is 4.79 Å². The van der Waals surface area contributed by atoms with E-state index in [1.165, 1.54) is 32.1 Å². The molecule has 1 aliphatic rings. The van der Waals surface area contributed by atoms with Crippen LogP contribution in [0.2, 0.25) is 0 Å². The lowest BCUT2D eigenvalue weighted by molar-refractivity contribution is 0.0930. The van der Waals surface area contributed by atoms with E-state index >= 15 is 0 Å². The van der Waals surface area contributed by atoms with E-state index < -0.39 is 0 Å². The fraction of sp³-hybridized carbons (Fsp3) is 0.458. The van der Waals surface area contributed by atoms with Gasteiger partial charge in [-0.05, 0) is 43.2 Å². The van der Waals surface area contributed by atoms with Crippen molar-refractivity contribution >= 4 is 5.91 Å². The summed E-state index contributed by atoms with van der Waals surface area (Å²) in [7, 11) is 3.24. The van der Waals surface area contributed by atoms with E-state index in [2.05, 4.69) is 5.32 Å². The van der Waals surface area contributed by atoms with Crippen LogP contribution in [0.1, 0.15) is 60.9 Å². The molecule has 5 heteroatoms. The Bertz CT molecular complexity index is 797. The third kappa shape index (κ3) is 5.89. The minimum atomic E-state index is -0.0308. The molecule has 0 aromatic heterocycles. The molecule has 5 nitrogen and oxygen atoms in total. The predicted molar refractivity (Wildman–Crippen MR) is 114 cm³/mol. The number of hydrogen-bond donors (Lipinski definition) is 1. The van der Waals surface area contributed by atoms with Gasteiger partial charge < -0.3 is 19.5 Å². The zero-order valence-electron chi connectivity index (χ0n) is 17.4. The minimum Gasteiger partial charge on any atom is -0.496 e. The lowest BCUT2D eigenvalue weighted by atomic mass is 9.96. The molecule has 0 spiro atoms. The van der Waals surface area contributed by atoms with Gasteiger partial charge in [-0.3, -0.25) is 4.79 Å². The van der Waals surface area contributed by atoms with E-state index in [0.29, 0.717) is 22.8 Å². The van der Waals surface area contributed by atoms with Crippen molar-refractivity contribution in [2.75, 3.05) is 14.2 Å². The first-order valence-electron chi connectivity index (χ1n) is 10.4. The van der Waals surface area contributed by atoms with Crippen LogP contribution in [-0.2, 0) is 6.61 Å². The highest BCUT2D eigenvalue weighted by molar-refractivity contribution is 5.94. The number of benzene rings is 2. The summed E-state index contributed by atoms with van der Waals surface area (Å²) in [6.45, 7) is 0.286. The van der Waals surface area contributed by atoms with Crippen molar-refractivity contribution in [1.29, 1.82) is 0 Å². The van der Waals surface area contributed by atoms with Crippen molar-refractivity contribution in [2.45, 2.75) is 57.6 Å². The van der Waals surface area contributed by atoms with Crippen molar-refractivity contribution in [1.82, 2.24) is 5.32 Å². The summed E-state index contributed by atoms with van der Waals surface area (Å²) in [5.41, 5.74) is 1.45. The summed E-state index contributed by atoms with van der Waals surface area (Å²) in [5, 5.41) is 3.22. The second-order valence-corrected chi connectivity index (χ2v) is 7.48.